The second kappa shape index (κ2) is 26.1. The minimum absolute atomic E-state index is 0.749. The number of rotatable bonds is 27. The van der Waals surface area contributed by atoms with E-state index in [9.17, 15) is 0 Å². The van der Waals surface area contributed by atoms with Gasteiger partial charge in [0.05, 0.1) is 0 Å². The van der Waals surface area contributed by atoms with Crippen LogP contribution in [0.1, 0.15) is 175 Å². The number of unbranched alkanes of at least 4 members (excludes halogenated alkanes) is 4. The van der Waals surface area contributed by atoms with Crippen LogP contribution in [0, 0.1) is 30.6 Å². The summed E-state index contributed by atoms with van der Waals surface area (Å²) in [6.45, 7) is 25.9. The maximum absolute atomic E-state index is 2.75. The molecule has 0 saturated carbocycles. The van der Waals surface area contributed by atoms with Crippen molar-refractivity contribution in [1.82, 2.24) is 0 Å². The quantitative estimate of drug-likeness (QED) is 0.0828. The predicted octanol–water partition coefficient (Wildman–Crippen LogP) is 15.0. The van der Waals surface area contributed by atoms with E-state index in [2.05, 4.69) is 145 Å². The monoisotopic (exact) mass is 736 g/mol. The fourth-order valence-corrected chi connectivity index (χ4v) is 8.50. The van der Waals surface area contributed by atoms with Gasteiger partial charge in [-0.15, -0.1) is 0 Å². The van der Waals surface area contributed by atoms with Gasteiger partial charge in [0.15, 0.2) is 5.71 Å². The first-order valence-electron chi connectivity index (χ1n) is 23.0. The van der Waals surface area contributed by atoms with Crippen LogP contribution >= 0.6 is 0 Å². The second-order valence-electron chi connectivity index (χ2n) is 16.8. The van der Waals surface area contributed by atoms with Crippen LogP contribution in [-0.2, 0) is 0 Å². The molecular formula is C52H83N2+. The SMILES string of the molecule is CCCCC(CC)CN(CC(CC)CCCC)c1ccc(C(=C2C=CC(=[N+](CC(CC)CCCC)CC(CC)CCCC)C=C2)c2ccccc2C)cc1. The summed E-state index contributed by atoms with van der Waals surface area (Å²) in [5.41, 5.74) is 9.41. The van der Waals surface area contributed by atoms with Gasteiger partial charge in [0.25, 0.3) is 0 Å². The maximum atomic E-state index is 2.75. The molecule has 2 aromatic rings. The van der Waals surface area contributed by atoms with E-state index in [-0.39, 0.29) is 0 Å². The van der Waals surface area contributed by atoms with E-state index in [0.717, 1.165) is 23.7 Å². The van der Waals surface area contributed by atoms with Crippen molar-refractivity contribution in [3.05, 3.63) is 95.1 Å². The van der Waals surface area contributed by atoms with Crippen LogP contribution in [0.15, 0.2) is 78.4 Å². The lowest BCUT2D eigenvalue weighted by molar-refractivity contribution is -0.541. The summed E-state index contributed by atoms with van der Waals surface area (Å²) in [4.78, 5) is 2.75. The molecule has 0 aliphatic heterocycles. The average molecular weight is 736 g/mol. The van der Waals surface area contributed by atoms with Crippen molar-refractivity contribution in [2.75, 3.05) is 31.1 Å². The van der Waals surface area contributed by atoms with E-state index >= 15 is 0 Å². The van der Waals surface area contributed by atoms with Gasteiger partial charge in [-0.25, -0.2) is 4.58 Å². The third-order valence-electron chi connectivity index (χ3n) is 12.5. The number of allylic oxidation sites excluding steroid dienone is 5. The van der Waals surface area contributed by atoms with E-state index in [0.29, 0.717) is 0 Å². The molecule has 1 aliphatic rings. The zero-order chi connectivity index (χ0) is 39.1. The highest BCUT2D eigenvalue weighted by atomic mass is 15.1. The van der Waals surface area contributed by atoms with Crippen LogP contribution in [0.25, 0.3) is 5.57 Å². The Morgan fingerprint density at radius 1 is 0.537 bits per heavy atom. The molecule has 0 spiro atoms. The Morgan fingerprint density at radius 3 is 1.41 bits per heavy atom. The van der Waals surface area contributed by atoms with Crippen molar-refractivity contribution in [2.45, 2.75) is 165 Å². The van der Waals surface area contributed by atoms with Crippen molar-refractivity contribution in [3.63, 3.8) is 0 Å². The van der Waals surface area contributed by atoms with Crippen LogP contribution in [0.2, 0.25) is 0 Å². The van der Waals surface area contributed by atoms with E-state index < -0.39 is 0 Å². The number of hydrogen-bond donors (Lipinski definition) is 0. The lowest BCUT2D eigenvalue weighted by Gasteiger charge is -2.33. The van der Waals surface area contributed by atoms with Gasteiger partial charge in [-0.1, -0.05) is 156 Å². The smallest absolute Gasteiger partial charge is 0.199 e. The third kappa shape index (κ3) is 14.7. The van der Waals surface area contributed by atoms with Crippen LogP contribution < -0.4 is 4.90 Å². The van der Waals surface area contributed by atoms with Crippen molar-refractivity contribution in [3.8, 4) is 0 Å². The molecule has 54 heavy (non-hydrogen) atoms. The van der Waals surface area contributed by atoms with Crippen LogP contribution in [-0.4, -0.2) is 36.5 Å². The Balaban J connectivity index is 2.07. The van der Waals surface area contributed by atoms with Gasteiger partial charge in [0.2, 0.25) is 0 Å². The first-order valence-corrected chi connectivity index (χ1v) is 23.0. The average Bonchev–Trinajstić information content (AvgIpc) is 3.21. The minimum Gasteiger partial charge on any atom is -0.371 e. The van der Waals surface area contributed by atoms with Crippen molar-refractivity contribution >= 4 is 17.0 Å². The zero-order valence-electron chi connectivity index (χ0n) is 36.8. The van der Waals surface area contributed by atoms with Gasteiger partial charge < -0.3 is 4.90 Å². The Kier molecular flexibility index (Phi) is 22.0. The molecule has 4 atom stereocenters. The molecule has 0 N–H and O–H groups in total. The summed E-state index contributed by atoms with van der Waals surface area (Å²) in [6.07, 6.45) is 30.6. The lowest BCUT2D eigenvalue weighted by atomic mass is 9.88. The van der Waals surface area contributed by atoms with Crippen LogP contribution in [0.4, 0.5) is 5.69 Å². The Bertz CT molecular complexity index is 1380. The highest BCUT2D eigenvalue weighted by Crippen LogP contribution is 2.34. The summed E-state index contributed by atoms with van der Waals surface area (Å²) in [5, 5.41) is 0. The van der Waals surface area contributed by atoms with E-state index in [1.165, 1.54) is 168 Å². The fraction of sp³-hybridized carbons (Fsp3) is 0.635. The topological polar surface area (TPSA) is 6.25 Å². The summed E-state index contributed by atoms with van der Waals surface area (Å²) in [5.74, 6) is 3.00. The molecule has 4 unspecified atom stereocenters. The number of nitrogens with zero attached hydrogens (tertiary/aromatic N) is 2. The number of aryl methyl sites for hydroxylation is 1. The van der Waals surface area contributed by atoms with Gasteiger partial charge in [-0.05, 0) is 109 Å². The van der Waals surface area contributed by atoms with Crippen molar-refractivity contribution in [1.29, 1.82) is 0 Å². The van der Waals surface area contributed by atoms with Crippen molar-refractivity contribution in [2.24, 2.45) is 23.7 Å². The van der Waals surface area contributed by atoms with Gasteiger partial charge in [0, 0.05) is 42.8 Å². The second-order valence-corrected chi connectivity index (χ2v) is 16.8. The first-order chi connectivity index (χ1) is 26.3. The molecule has 3 rings (SSSR count). The largest absolute Gasteiger partial charge is 0.371 e. The highest BCUT2D eigenvalue weighted by Gasteiger charge is 2.24. The first kappa shape index (κ1) is 45.5. The van der Waals surface area contributed by atoms with E-state index in [1.807, 2.05) is 0 Å². The summed E-state index contributed by atoms with van der Waals surface area (Å²) < 4.78 is 2.75. The molecule has 2 heteroatoms. The maximum Gasteiger partial charge on any atom is 0.199 e. The van der Waals surface area contributed by atoms with Gasteiger partial charge >= 0.3 is 0 Å². The number of hydrogen-bond acceptors (Lipinski definition) is 1. The van der Waals surface area contributed by atoms with Gasteiger partial charge in [-0.3, -0.25) is 0 Å². The molecule has 2 aromatic carbocycles. The molecule has 0 bridgehead atoms. The Hall–Kier alpha value is -2.87. The lowest BCUT2D eigenvalue weighted by Crippen LogP contribution is -2.34. The van der Waals surface area contributed by atoms with E-state index in [1.54, 1.807) is 0 Å². The fourth-order valence-electron chi connectivity index (χ4n) is 8.50. The van der Waals surface area contributed by atoms with E-state index in [4.69, 9.17) is 0 Å². The minimum atomic E-state index is 0.749. The number of anilines is 1. The molecular weight excluding hydrogens is 653 g/mol. The molecule has 0 aromatic heterocycles. The molecule has 300 valence electrons. The Labute approximate surface area is 335 Å². The molecule has 0 fully saturated rings. The third-order valence-corrected chi connectivity index (χ3v) is 12.5. The molecule has 1 aliphatic carbocycles. The normalized spacial score (nSPS) is 15.0. The van der Waals surface area contributed by atoms with Gasteiger partial charge in [-0.2, -0.15) is 0 Å². The van der Waals surface area contributed by atoms with Crippen LogP contribution in [0.3, 0.4) is 0 Å². The molecule has 0 saturated heterocycles. The predicted molar refractivity (Wildman–Crippen MR) is 242 cm³/mol. The Morgan fingerprint density at radius 2 is 0.981 bits per heavy atom. The summed E-state index contributed by atoms with van der Waals surface area (Å²) >= 11 is 0. The van der Waals surface area contributed by atoms with Crippen molar-refractivity contribution < 1.29 is 4.58 Å². The molecule has 0 radical (unpaired) electrons. The summed E-state index contributed by atoms with van der Waals surface area (Å²) in [6, 6.07) is 18.7. The zero-order valence-corrected chi connectivity index (χ0v) is 36.8. The molecule has 2 nitrogen and oxygen atoms in total. The number of benzene rings is 2. The molecule has 0 amide bonds. The van der Waals surface area contributed by atoms with Crippen LogP contribution in [0.5, 0.6) is 0 Å². The standard InChI is InChI=1S/C52H83N2/c1-10-18-25-43(14-5)38-53(39-44(15-6)26-19-11-2)49-34-30-47(31-35-49)52(51-29-23-22-24-42(51)9)48-32-36-50(37-33-48)54(40-45(16-7)27-20-12-3)41-46(17-8)28-21-13-4/h22-24,29-37,43-46H,10-21,25-28,38-41H2,1-9H3/q+1. The van der Waals surface area contributed by atoms with Gasteiger partial charge in [0.1, 0.15) is 13.1 Å². The highest BCUT2D eigenvalue weighted by molar-refractivity contribution is 6.04. The molecule has 0 heterocycles. The summed E-state index contributed by atoms with van der Waals surface area (Å²) in [7, 11) is 0.